The number of amides is 4. The lowest BCUT2D eigenvalue weighted by Crippen LogP contribution is -2.48. The number of nitrogens with one attached hydrogen (secondary N) is 1. The molecule has 2 saturated heterocycles. The molecule has 2 N–H and O–H groups in total. The zero-order valence-electron chi connectivity index (χ0n) is 26.0. The lowest BCUT2D eigenvalue weighted by Gasteiger charge is -2.49. The van der Waals surface area contributed by atoms with Crippen molar-refractivity contribution in [3.05, 3.63) is 70.3 Å². The van der Waals surface area contributed by atoms with Crippen molar-refractivity contribution in [2.75, 3.05) is 12.0 Å². The van der Waals surface area contributed by atoms with Gasteiger partial charge in [-0.1, -0.05) is 29.3 Å². The van der Waals surface area contributed by atoms with E-state index in [-0.39, 0.29) is 41.5 Å². The number of carbonyl (C=O) groups is 4. The Morgan fingerprint density at radius 2 is 1.87 bits per heavy atom. The first-order chi connectivity index (χ1) is 22.4. The Kier molecular flexibility index (Phi) is 6.52. The summed E-state index contributed by atoms with van der Waals surface area (Å²) >= 11 is 7.84. The maximum atomic E-state index is 14.8. The normalized spacial score (nSPS) is 28.3. The summed E-state index contributed by atoms with van der Waals surface area (Å²) in [6, 6.07) is 12.5. The van der Waals surface area contributed by atoms with E-state index in [9.17, 15) is 24.3 Å². The quantitative estimate of drug-likeness (QED) is 0.217. The maximum Gasteiger partial charge on any atom is 0.242 e. The second-order valence-electron chi connectivity index (χ2n) is 13.2. The minimum Gasteiger partial charge on any atom is -0.504 e. The maximum absolute atomic E-state index is 14.8. The molecular weight excluding hydrogens is 640 g/mol. The first-order valence-corrected chi connectivity index (χ1v) is 16.7. The summed E-state index contributed by atoms with van der Waals surface area (Å²) in [6.07, 6.45) is 2.56. The van der Waals surface area contributed by atoms with Crippen molar-refractivity contribution in [3.63, 3.8) is 0 Å². The molecule has 2 aromatic heterocycles. The van der Waals surface area contributed by atoms with Gasteiger partial charge in [0, 0.05) is 28.8 Å². The number of allylic oxidation sites excluding steroid dienone is 2. The van der Waals surface area contributed by atoms with Crippen LogP contribution in [0.25, 0.3) is 20.7 Å². The van der Waals surface area contributed by atoms with E-state index in [0.717, 1.165) is 26.1 Å². The van der Waals surface area contributed by atoms with E-state index in [4.69, 9.17) is 21.4 Å². The number of phenols is 1. The minimum atomic E-state index is -1.25. The van der Waals surface area contributed by atoms with Crippen LogP contribution < -0.4 is 15.0 Å². The summed E-state index contributed by atoms with van der Waals surface area (Å²) in [4.78, 5) is 57.4. The summed E-state index contributed by atoms with van der Waals surface area (Å²) < 4.78 is 7.90. The fourth-order valence-corrected chi connectivity index (χ4v) is 9.94. The van der Waals surface area contributed by atoms with Gasteiger partial charge in [0.1, 0.15) is 11.5 Å². The van der Waals surface area contributed by atoms with Crippen LogP contribution in [0.3, 0.4) is 0 Å². The van der Waals surface area contributed by atoms with Crippen LogP contribution in [0.4, 0.5) is 5.82 Å². The van der Waals surface area contributed by atoms with E-state index in [1.54, 1.807) is 47.3 Å². The second-order valence-corrected chi connectivity index (χ2v) is 14.6. The molecule has 47 heavy (non-hydrogen) atoms. The Balaban J connectivity index is 1.26. The SMILES string of the molecule is COc1ccc([C@H]2C3=CC[C@@H]4C(=O)NC(=O)[C@@H]4[C@@H]3C[C@H]3C(=O)N(c4cc(-c5sc6ccc(Cl)cc6c5C)nn4C)C(=O)[C@@]23C)cc1O. The van der Waals surface area contributed by atoms with Gasteiger partial charge in [0.2, 0.25) is 23.6 Å². The number of aromatic nitrogens is 2. The number of carbonyl (C=O) groups excluding carboxylic acids is 4. The van der Waals surface area contributed by atoms with Gasteiger partial charge in [-0.2, -0.15) is 5.10 Å². The van der Waals surface area contributed by atoms with E-state index in [0.29, 0.717) is 28.5 Å². The van der Waals surface area contributed by atoms with Crippen LogP contribution in [0.5, 0.6) is 11.5 Å². The Labute approximate surface area is 278 Å². The largest absolute Gasteiger partial charge is 0.504 e. The number of fused-ring (bicyclic) bond motifs is 5. The zero-order chi connectivity index (χ0) is 33.1. The minimum absolute atomic E-state index is 0.0970. The van der Waals surface area contributed by atoms with Crippen LogP contribution in [0, 0.1) is 36.0 Å². The van der Waals surface area contributed by atoms with E-state index in [1.807, 2.05) is 38.1 Å². The number of hydrogen-bond acceptors (Lipinski definition) is 8. The summed E-state index contributed by atoms with van der Waals surface area (Å²) in [5.41, 5.74) is 1.86. The highest BCUT2D eigenvalue weighted by atomic mass is 35.5. The van der Waals surface area contributed by atoms with Crippen molar-refractivity contribution >= 4 is 62.5 Å². The first-order valence-electron chi connectivity index (χ1n) is 15.5. The molecule has 2 aliphatic heterocycles. The third kappa shape index (κ3) is 4.05. The Bertz CT molecular complexity index is 2120. The summed E-state index contributed by atoms with van der Waals surface area (Å²) in [7, 11) is 3.17. The van der Waals surface area contributed by atoms with Gasteiger partial charge in [0.05, 0.1) is 35.2 Å². The number of thiophene rings is 1. The highest BCUT2D eigenvalue weighted by Crippen LogP contribution is 2.63. The molecule has 2 aromatic carbocycles. The highest BCUT2D eigenvalue weighted by Gasteiger charge is 2.67. The van der Waals surface area contributed by atoms with Gasteiger partial charge < -0.3 is 9.84 Å². The number of ether oxygens (including phenoxy) is 1. The molecule has 0 unspecified atom stereocenters. The molecule has 240 valence electrons. The topological polar surface area (TPSA) is 131 Å². The summed E-state index contributed by atoms with van der Waals surface area (Å²) in [5.74, 6) is -3.90. The van der Waals surface area contributed by atoms with Crippen LogP contribution in [-0.2, 0) is 26.2 Å². The Morgan fingerprint density at radius 3 is 2.62 bits per heavy atom. The molecule has 12 heteroatoms. The monoisotopic (exact) mass is 670 g/mol. The van der Waals surface area contributed by atoms with Gasteiger partial charge >= 0.3 is 0 Å². The van der Waals surface area contributed by atoms with E-state index in [2.05, 4.69) is 5.32 Å². The number of aryl methyl sites for hydroxylation is 2. The number of aromatic hydroxyl groups is 1. The van der Waals surface area contributed by atoms with Crippen LogP contribution in [0.15, 0.2) is 54.1 Å². The average Bonchev–Trinajstić information content (AvgIpc) is 3.72. The number of rotatable bonds is 4. The third-order valence-electron chi connectivity index (χ3n) is 10.9. The molecule has 0 radical (unpaired) electrons. The second kappa shape index (κ2) is 10.3. The van der Waals surface area contributed by atoms with Gasteiger partial charge in [-0.15, -0.1) is 11.3 Å². The van der Waals surface area contributed by atoms with Gasteiger partial charge in [0.15, 0.2) is 11.5 Å². The molecule has 1 saturated carbocycles. The van der Waals surface area contributed by atoms with E-state index in [1.165, 1.54) is 12.0 Å². The van der Waals surface area contributed by atoms with Crippen molar-refractivity contribution in [2.45, 2.75) is 32.6 Å². The third-order valence-corrected chi connectivity index (χ3v) is 12.4. The number of phenolic OH excluding ortho intramolecular Hbond substituents is 1. The average molecular weight is 671 g/mol. The lowest BCUT2D eigenvalue weighted by molar-refractivity contribution is -0.131. The molecule has 10 nitrogen and oxygen atoms in total. The molecule has 4 aliphatic rings. The van der Waals surface area contributed by atoms with E-state index < -0.39 is 35.0 Å². The predicted molar refractivity (Wildman–Crippen MR) is 176 cm³/mol. The van der Waals surface area contributed by atoms with E-state index >= 15 is 0 Å². The smallest absolute Gasteiger partial charge is 0.242 e. The fraction of sp³-hybridized carbons (Fsp3) is 0.343. The molecule has 6 atom stereocenters. The molecule has 8 rings (SSSR count). The molecule has 3 fully saturated rings. The zero-order valence-corrected chi connectivity index (χ0v) is 27.6. The Hall–Kier alpha value is -4.48. The lowest BCUT2D eigenvalue weighted by atomic mass is 9.51. The number of benzene rings is 2. The Morgan fingerprint density at radius 1 is 1.09 bits per heavy atom. The van der Waals surface area contributed by atoms with Crippen molar-refractivity contribution < 1.29 is 29.0 Å². The van der Waals surface area contributed by atoms with Crippen molar-refractivity contribution in [1.82, 2.24) is 15.1 Å². The highest BCUT2D eigenvalue weighted by molar-refractivity contribution is 7.22. The first kappa shape index (κ1) is 29.9. The number of halogens is 1. The van der Waals surface area contributed by atoms with Crippen LogP contribution in [-0.4, -0.2) is 45.6 Å². The molecule has 0 bridgehead atoms. The van der Waals surface area contributed by atoms with Crippen molar-refractivity contribution in [1.29, 1.82) is 0 Å². The van der Waals surface area contributed by atoms with Crippen LogP contribution >= 0.6 is 22.9 Å². The van der Waals surface area contributed by atoms with Crippen LogP contribution in [0.2, 0.25) is 5.02 Å². The van der Waals surface area contributed by atoms with Crippen molar-refractivity contribution in [2.24, 2.45) is 36.1 Å². The summed E-state index contributed by atoms with van der Waals surface area (Å²) in [6.45, 7) is 3.81. The molecular formula is C35H31ClN4O6S. The standard InChI is InChI=1S/C35H31ClN4O6S/c1-15-20-12-17(36)6-10-26(20)47-30(15)23-14-27(39(3)38-23)40-33(44)22-13-21-18(7-8-19-28(21)32(43)37-31(19)42)29(35(22,2)34(40)45)16-5-9-25(46-4)24(41)11-16/h5-7,9-12,14,19,21-22,28-29,41H,8,13H2,1-4H3,(H,37,42,43)/t19-,21+,22-,28-,29-,35+/m0/s1. The van der Waals surface area contributed by atoms with Gasteiger partial charge in [-0.3, -0.25) is 29.2 Å². The van der Waals surface area contributed by atoms with Crippen LogP contribution in [0.1, 0.15) is 36.8 Å². The molecule has 2 aliphatic carbocycles. The number of nitrogens with zero attached hydrogens (tertiary/aromatic N) is 3. The van der Waals surface area contributed by atoms with Gasteiger partial charge in [0.25, 0.3) is 0 Å². The number of imide groups is 2. The van der Waals surface area contributed by atoms with Gasteiger partial charge in [-0.25, -0.2) is 4.90 Å². The molecule has 4 aromatic rings. The predicted octanol–water partition coefficient (Wildman–Crippen LogP) is 5.50. The molecule has 0 spiro atoms. The summed E-state index contributed by atoms with van der Waals surface area (Å²) in [5, 5.41) is 19.7. The van der Waals surface area contributed by atoms with Crippen molar-refractivity contribution in [3.8, 4) is 22.1 Å². The number of methoxy groups -OCH3 is 1. The molecule has 4 heterocycles. The fourth-order valence-electron chi connectivity index (χ4n) is 8.63. The number of hydrogen-bond donors (Lipinski definition) is 2. The van der Waals surface area contributed by atoms with Gasteiger partial charge in [-0.05, 0) is 79.5 Å². The number of anilines is 1. The molecule has 4 amide bonds.